The fourth-order valence-corrected chi connectivity index (χ4v) is 9.65. The first-order valence-corrected chi connectivity index (χ1v) is 18.6. The van der Waals surface area contributed by atoms with Crippen LogP contribution in [0.25, 0.3) is 5.57 Å². The molecule has 0 unspecified atom stereocenters. The maximum Gasteiger partial charge on any atom is 0.433 e. The van der Waals surface area contributed by atoms with Gasteiger partial charge in [0.1, 0.15) is 5.69 Å². The van der Waals surface area contributed by atoms with Gasteiger partial charge in [-0.15, -0.1) is 0 Å². The molecular formula is C43H35ClF3N3O6. The number of nitrogens with zero attached hydrogens (tertiary/aromatic N) is 3. The Bertz CT molecular complexity index is 2350. The highest BCUT2D eigenvalue weighted by Gasteiger charge is 2.66. The number of rotatable bonds is 7. The summed E-state index contributed by atoms with van der Waals surface area (Å²) in [5, 5.41) is 12.3. The molecule has 0 bridgehead atoms. The van der Waals surface area contributed by atoms with Crippen LogP contribution in [0, 0.1) is 23.7 Å². The minimum Gasteiger partial charge on any atom is -0.504 e. The normalized spacial score (nSPS) is 25.9. The number of Topliss-reactive ketones (excluding diaryl/α,β-unsaturated/α-hetero) is 1. The number of fused-ring (bicyclic) bond motifs is 4. The number of carbonyl (C=O) groups excluding carboxylic acids is 4. The summed E-state index contributed by atoms with van der Waals surface area (Å²) in [5.74, 6) is -6.95. The number of phenolic OH excluding ortho intramolecular Hbond substituents is 1. The first-order chi connectivity index (χ1) is 26.8. The number of hydrogen-bond acceptors (Lipinski definition) is 8. The quantitative estimate of drug-likeness (QED) is 0.150. The van der Waals surface area contributed by atoms with E-state index in [1.807, 2.05) is 24.3 Å². The summed E-state index contributed by atoms with van der Waals surface area (Å²) in [6.07, 6.45) is -1.45. The van der Waals surface area contributed by atoms with E-state index >= 15 is 9.59 Å². The lowest BCUT2D eigenvalue weighted by atomic mass is 9.44. The van der Waals surface area contributed by atoms with Crippen molar-refractivity contribution in [3.05, 3.63) is 136 Å². The predicted molar refractivity (Wildman–Crippen MR) is 200 cm³/mol. The molecule has 1 N–H and O–H groups in total. The summed E-state index contributed by atoms with van der Waals surface area (Å²) in [6.45, 7) is 2.00. The van der Waals surface area contributed by atoms with Gasteiger partial charge in [0.05, 0.1) is 28.9 Å². The summed E-state index contributed by atoms with van der Waals surface area (Å²) in [4.78, 5) is 62.9. The van der Waals surface area contributed by atoms with Gasteiger partial charge in [-0.1, -0.05) is 90.0 Å². The Labute approximate surface area is 325 Å². The van der Waals surface area contributed by atoms with Crippen molar-refractivity contribution >= 4 is 46.4 Å². The first kappa shape index (κ1) is 37.2. The number of carbonyl (C=O) groups is 4. The summed E-state index contributed by atoms with van der Waals surface area (Å²) in [5.41, 5.74) is -0.170. The molecule has 4 aliphatic rings. The van der Waals surface area contributed by atoms with Gasteiger partial charge >= 0.3 is 6.18 Å². The van der Waals surface area contributed by atoms with Gasteiger partial charge < -0.3 is 9.84 Å². The largest absolute Gasteiger partial charge is 0.504 e. The Morgan fingerprint density at radius 1 is 0.946 bits per heavy atom. The van der Waals surface area contributed by atoms with Gasteiger partial charge in [0.25, 0.3) is 11.8 Å². The van der Waals surface area contributed by atoms with E-state index < -0.39 is 64.5 Å². The van der Waals surface area contributed by atoms with Crippen LogP contribution < -0.4 is 9.75 Å². The van der Waals surface area contributed by atoms with Crippen molar-refractivity contribution in [2.24, 2.45) is 23.7 Å². The van der Waals surface area contributed by atoms with Crippen LogP contribution in [0.15, 0.2) is 109 Å². The van der Waals surface area contributed by atoms with Crippen molar-refractivity contribution in [1.29, 1.82) is 0 Å². The molecule has 2 fully saturated rings. The molecule has 8 rings (SSSR count). The third kappa shape index (κ3) is 5.64. The molecule has 1 saturated heterocycles. The van der Waals surface area contributed by atoms with Crippen LogP contribution in [0.1, 0.15) is 48.1 Å². The molecule has 13 heteroatoms. The highest BCUT2D eigenvalue weighted by Crippen LogP contribution is 2.64. The third-order valence-corrected chi connectivity index (χ3v) is 12.0. The molecule has 3 aromatic carbocycles. The molecule has 4 aromatic rings. The van der Waals surface area contributed by atoms with Gasteiger partial charge in [0, 0.05) is 24.5 Å². The number of phenols is 1. The van der Waals surface area contributed by atoms with Crippen LogP contribution in [0.4, 0.5) is 19.0 Å². The third-order valence-electron chi connectivity index (χ3n) is 11.7. The maximum absolute atomic E-state index is 15.2. The van der Waals surface area contributed by atoms with E-state index in [0.717, 1.165) is 16.1 Å². The van der Waals surface area contributed by atoms with Crippen molar-refractivity contribution in [3.8, 4) is 11.5 Å². The molecule has 2 heterocycles. The van der Waals surface area contributed by atoms with E-state index in [0.29, 0.717) is 28.3 Å². The number of anilines is 1. The fraction of sp³-hybridized carbons (Fsp3) is 0.279. The molecule has 286 valence electrons. The number of ether oxygens (including phenoxy) is 1. The summed E-state index contributed by atoms with van der Waals surface area (Å²) in [7, 11) is 1.26. The van der Waals surface area contributed by atoms with Crippen molar-refractivity contribution < 1.29 is 42.2 Å². The number of ketones is 2. The van der Waals surface area contributed by atoms with Crippen molar-refractivity contribution in [2.75, 3.05) is 18.7 Å². The fourth-order valence-electron chi connectivity index (χ4n) is 9.42. The van der Waals surface area contributed by atoms with Crippen molar-refractivity contribution in [3.63, 3.8) is 0 Å². The lowest BCUT2D eigenvalue weighted by Gasteiger charge is -2.55. The number of imide groups is 1. The molecule has 3 aliphatic carbocycles. The van der Waals surface area contributed by atoms with Crippen LogP contribution in [0.2, 0.25) is 5.02 Å². The standard InChI is InChI=1S/C43H35ClF3N3O6/c1-3-56-33-20-24(14-18-32(33)51)37-26-15-16-27-36(41(55)50(40(27)54)49(2)39-31(44)17-19-34(48-39)43(45,46)47)29(26)21-30-38(53)28(23-10-6-4-7-11-23)22-35(52)42(30,37)25-12-8-5-9-13-25/h4-15,17-20,22,27,29-30,36-37,51H,3,16,21H2,1-2H3/t27-,29+,30-,36-,37-,42-/m0/s1. The van der Waals surface area contributed by atoms with E-state index in [1.165, 1.54) is 19.2 Å². The minimum absolute atomic E-state index is 0.0165. The molecule has 1 aliphatic heterocycles. The van der Waals surface area contributed by atoms with Gasteiger partial charge in [-0.2, -0.15) is 18.2 Å². The average Bonchev–Trinajstić information content (AvgIpc) is 3.45. The number of allylic oxidation sites excluding steroid dienone is 4. The van der Waals surface area contributed by atoms with Gasteiger partial charge in [0.15, 0.2) is 28.9 Å². The monoisotopic (exact) mass is 781 g/mol. The average molecular weight is 782 g/mol. The molecule has 9 nitrogen and oxygen atoms in total. The van der Waals surface area contributed by atoms with Gasteiger partial charge in [-0.05, 0) is 72.7 Å². The van der Waals surface area contributed by atoms with Gasteiger partial charge in [-0.25, -0.2) is 4.98 Å². The van der Waals surface area contributed by atoms with E-state index in [2.05, 4.69) is 4.98 Å². The Hall–Kier alpha value is -5.75. The zero-order chi connectivity index (χ0) is 39.7. The van der Waals surface area contributed by atoms with Crippen LogP contribution in [0.3, 0.4) is 0 Å². The molecule has 1 aromatic heterocycles. The number of benzene rings is 3. The zero-order valence-electron chi connectivity index (χ0n) is 30.2. The summed E-state index contributed by atoms with van der Waals surface area (Å²) >= 11 is 6.32. The Morgan fingerprint density at radius 3 is 2.32 bits per heavy atom. The Balaban J connectivity index is 1.31. The number of alkyl halides is 3. The van der Waals surface area contributed by atoms with Gasteiger partial charge in [0.2, 0.25) is 0 Å². The molecule has 56 heavy (non-hydrogen) atoms. The molecule has 1 saturated carbocycles. The second-order valence-electron chi connectivity index (χ2n) is 14.5. The smallest absolute Gasteiger partial charge is 0.433 e. The number of aromatic nitrogens is 1. The number of pyridine rings is 1. The molecular weight excluding hydrogens is 747 g/mol. The predicted octanol–water partition coefficient (Wildman–Crippen LogP) is 7.73. The van der Waals surface area contributed by atoms with E-state index in [-0.39, 0.29) is 53.1 Å². The SMILES string of the molecule is CCOc1cc([C@H]2C3=CC[C@@H]4C(=O)N(N(C)c5nc(C(F)(F)F)ccc5Cl)C(=O)[C@@H]4[C@@H]3C[C@H]3C(=O)C(c4ccccc4)=CC(=O)[C@@]23c2ccccc2)ccc1O. The summed E-state index contributed by atoms with van der Waals surface area (Å²) in [6, 6.07) is 24.4. The number of halogens is 4. The number of hydrazine groups is 1. The highest BCUT2D eigenvalue weighted by molar-refractivity contribution is 6.33. The number of hydrogen-bond donors (Lipinski definition) is 1. The van der Waals surface area contributed by atoms with E-state index in [9.17, 15) is 27.9 Å². The minimum atomic E-state index is -4.82. The summed E-state index contributed by atoms with van der Waals surface area (Å²) < 4.78 is 46.9. The Morgan fingerprint density at radius 2 is 1.64 bits per heavy atom. The van der Waals surface area contributed by atoms with Crippen LogP contribution in [-0.4, -0.2) is 52.1 Å². The second kappa shape index (κ2) is 13.8. The molecule has 6 atom stereocenters. The van der Waals surface area contributed by atoms with Crippen molar-refractivity contribution in [2.45, 2.75) is 37.3 Å². The van der Waals surface area contributed by atoms with E-state index in [4.69, 9.17) is 16.3 Å². The second-order valence-corrected chi connectivity index (χ2v) is 14.9. The first-order valence-electron chi connectivity index (χ1n) is 18.2. The maximum atomic E-state index is 15.2. The van der Waals surface area contributed by atoms with Crippen molar-refractivity contribution in [1.82, 2.24) is 9.99 Å². The molecule has 2 amide bonds. The number of amides is 2. The van der Waals surface area contributed by atoms with Crippen LogP contribution >= 0.6 is 11.6 Å². The molecule has 0 spiro atoms. The lowest BCUT2D eigenvalue weighted by Crippen LogP contribution is -2.59. The molecule has 0 radical (unpaired) electrons. The Kier molecular flexibility index (Phi) is 9.14. The lowest BCUT2D eigenvalue weighted by molar-refractivity contribution is -0.141. The van der Waals surface area contributed by atoms with Crippen LogP contribution in [0.5, 0.6) is 11.5 Å². The highest BCUT2D eigenvalue weighted by atomic mass is 35.5. The topological polar surface area (TPSA) is 117 Å². The zero-order valence-corrected chi connectivity index (χ0v) is 30.9. The van der Waals surface area contributed by atoms with Gasteiger partial charge in [-0.3, -0.25) is 24.2 Å². The van der Waals surface area contributed by atoms with Crippen LogP contribution in [-0.2, 0) is 30.8 Å². The number of aromatic hydroxyl groups is 1. The van der Waals surface area contributed by atoms with E-state index in [1.54, 1.807) is 61.5 Å².